The number of hydrogen-bond acceptors (Lipinski definition) is 3. The van der Waals surface area contributed by atoms with E-state index in [1.54, 1.807) is 13.0 Å². The predicted molar refractivity (Wildman–Crippen MR) is 80.0 cm³/mol. The molecular formula is C15H21NO4S. The molecule has 0 amide bonds. The van der Waals surface area contributed by atoms with E-state index in [0.717, 1.165) is 32.1 Å². The van der Waals surface area contributed by atoms with Gasteiger partial charge < -0.3 is 5.11 Å². The molecule has 2 rings (SSSR count). The zero-order chi connectivity index (χ0) is 15.5. The first-order chi connectivity index (χ1) is 9.93. The van der Waals surface area contributed by atoms with Gasteiger partial charge in [-0.1, -0.05) is 25.3 Å². The van der Waals surface area contributed by atoms with Crippen LogP contribution >= 0.6 is 0 Å². The lowest BCUT2D eigenvalue weighted by Crippen LogP contribution is -2.34. The Morgan fingerprint density at radius 2 is 1.67 bits per heavy atom. The number of hydrogen-bond donors (Lipinski definition) is 1. The summed E-state index contributed by atoms with van der Waals surface area (Å²) in [6, 6.07) is 4.26. The average Bonchev–Trinajstić information content (AvgIpc) is 2.37. The predicted octanol–water partition coefficient (Wildman–Crippen LogP) is 2.65. The van der Waals surface area contributed by atoms with Crippen LogP contribution in [0.3, 0.4) is 0 Å². The molecule has 0 atom stereocenters. The van der Waals surface area contributed by atoms with Crippen molar-refractivity contribution in [2.45, 2.75) is 43.9 Å². The molecule has 1 N–H and O–H groups in total. The summed E-state index contributed by atoms with van der Waals surface area (Å²) in [7, 11) is -3.62. The molecule has 1 aliphatic rings. The SMILES string of the molecule is Cc1ccc(C(=O)O)cc1S(=O)(=O)N1CCCCCCC1. The van der Waals surface area contributed by atoms with E-state index in [1.165, 1.54) is 16.4 Å². The monoisotopic (exact) mass is 311 g/mol. The van der Waals surface area contributed by atoms with Crippen LogP contribution in [0, 0.1) is 6.92 Å². The molecule has 1 heterocycles. The molecule has 0 radical (unpaired) electrons. The lowest BCUT2D eigenvalue weighted by atomic mass is 10.1. The van der Waals surface area contributed by atoms with Gasteiger partial charge in [0, 0.05) is 13.1 Å². The molecule has 116 valence electrons. The van der Waals surface area contributed by atoms with Crippen molar-refractivity contribution in [3.8, 4) is 0 Å². The average molecular weight is 311 g/mol. The van der Waals surface area contributed by atoms with Gasteiger partial charge in [0.2, 0.25) is 10.0 Å². The third-order valence-electron chi connectivity index (χ3n) is 3.87. The molecule has 1 aliphatic heterocycles. The molecular weight excluding hydrogens is 290 g/mol. The Kier molecular flexibility index (Phi) is 5.00. The number of rotatable bonds is 3. The Balaban J connectivity index is 2.37. The molecule has 21 heavy (non-hydrogen) atoms. The normalized spacial score (nSPS) is 18.0. The minimum atomic E-state index is -3.62. The van der Waals surface area contributed by atoms with Crippen molar-refractivity contribution >= 4 is 16.0 Å². The zero-order valence-corrected chi connectivity index (χ0v) is 13.0. The van der Waals surface area contributed by atoms with Gasteiger partial charge in [0.15, 0.2) is 0 Å². The first kappa shape index (κ1) is 16.0. The molecule has 6 heteroatoms. The molecule has 1 saturated heterocycles. The van der Waals surface area contributed by atoms with Gasteiger partial charge in [-0.3, -0.25) is 0 Å². The number of aryl methyl sites for hydroxylation is 1. The van der Waals surface area contributed by atoms with Crippen LogP contribution in [0.1, 0.15) is 48.0 Å². The summed E-state index contributed by atoms with van der Waals surface area (Å²) in [5.41, 5.74) is 0.591. The quantitative estimate of drug-likeness (QED) is 0.931. The molecule has 0 spiro atoms. The maximum Gasteiger partial charge on any atom is 0.335 e. The van der Waals surface area contributed by atoms with Crippen molar-refractivity contribution in [2.24, 2.45) is 0 Å². The van der Waals surface area contributed by atoms with Crippen LogP contribution in [-0.2, 0) is 10.0 Å². The van der Waals surface area contributed by atoms with Crippen molar-refractivity contribution in [3.05, 3.63) is 29.3 Å². The van der Waals surface area contributed by atoms with Gasteiger partial charge in [0.1, 0.15) is 0 Å². The summed E-state index contributed by atoms with van der Waals surface area (Å²) in [5, 5.41) is 9.05. The molecule has 1 aromatic rings. The van der Waals surface area contributed by atoms with Crippen molar-refractivity contribution in [1.82, 2.24) is 4.31 Å². The minimum Gasteiger partial charge on any atom is -0.478 e. The van der Waals surface area contributed by atoms with E-state index < -0.39 is 16.0 Å². The Morgan fingerprint density at radius 3 is 2.24 bits per heavy atom. The number of nitrogens with zero attached hydrogens (tertiary/aromatic N) is 1. The highest BCUT2D eigenvalue weighted by molar-refractivity contribution is 7.89. The third kappa shape index (κ3) is 3.63. The maximum atomic E-state index is 12.8. The highest BCUT2D eigenvalue weighted by Gasteiger charge is 2.27. The van der Waals surface area contributed by atoms with E-state index in [-0.39, 0.29) is 10.5 Å². The van der Waals surface area contributed by atoms with E-state index in [2.05, 4.69) is 0 Å². The summed E-state index contributed by atoms with van der Waals surface area (Å²) < 4.78 is 27.1. The largest absolute Gasteiger partial charge is 0.478 e. The van der Waals surface area contributed by atoms with Gasteiger partial charge in [-0.2, -0.15) is 4.31 Å². The molecule has 0 unspecified atom stereocenters. The molecule has 0 saturated carbocycles. The smallest absolute Gasteiger partial charge is 0.335 e. The van der Waals surface area contributed by atoms with Gasteiger partial charge in [-0.15, -0.1) is 0 Å². The van der Waals surface area contributed by atoms with E-state index in [4.69, 9.17) is 5.11 Å². The van der Waals surface area contributed by atoms with Crippen LogP contribution in [0.2, 0.25) is 0 Å². The standard InChI is InChI=1S/C15H21NO4S/c1-12-7-8-13(15(17)18)11-14(12)21(19,20)16-9-5-3-2-4-6-10-16/h7-8,11H,2-6,9-10H2,1H3,(H,17,18). The summed E-state index contributed by atoms with van der Waals surface area (Å²) in [6.07, 6.45) is 4.95. The Labute approximate surface area is 125 Å². The van der Waals surface area contributed by atoms with Crippen molar-refractivity contribution < 1.29 is 18.3 Å². The highest BCUT2D eigenvalue weighted by Crippen LogP contribution is 2.24. The van der Waals surface area contributed by atoms with Crippen LogP contribution in [0.4, 0.5) is 0 Å². The van der Waals surface area contributed by atoms with Crippen molar-refractivity contribution in [1.29, 1.82) is 0 Å². The fourth-order valence-corrected chi connectivity index (χ4v) is 4.38. The van der Waals surface area contributed by atoms with Gasteiger partial charge in [0.25, 0.3) is 0 Å². The van der Waals surface area contributed by atoms with Crippen LogP contribution in [0.15, 0.2) is 23.1 Å². The van der Waals surface area contributed by atoms with Gasteiger partial charge in [-0.25, -0.2) is 13.2 Å². The second kappa shape index (κ2) is 6.58. The second-order valence-corrected chi connectivity index (χ2v) is 7.36. The van der Waals surface area contributed by atoms with Crippen LogP contribution in [-0.4, -0.2) is 36.9 Å². The number of aromatic carboxylic acids is 1. The van der Waals surface area contributed by atoms with E-state index in [0.29, 0.717) is 18.7 Å². The van der Waals surface area contributed by atoms with Gasteiger partial charge in [-0.05, 0) is 37.5 Å². The van der Waals surface area contributed by atoms with Crippen LogP contribution in [0.5, 0.6) is 0 Å². The van der Waals surface area contributed by atoms with Gasteiger partial charge >= 0.3 is 5.97 Å². The Morgan fingerprint density at radius 1 is 1.10 bits per heavy atom. The van der Waals surface area contributed by atoms with Crippen molar-refractivity contribution in [2.75, 3.05) is 13.1 Å². The third-order valence-corrected chi connectivity index (χ3v) is 5.91. The summed E-state index contributed by atoms with van der Waals surface area (Å²) in [4.78, 5) is 11.2. The lowest BCUT2D eigenvalue weighted by Gasteiger charge is -2.25. The second-order valence-electron chi connectivity index (χ2n) is 5.46. The van der Waals surface area contributed by atoms with E-state index in [1.807, 2.05) is 0 Å². The van der Waals surface area contributed by atoms with Gasteiger partial charge in [0.05, 0.1) is 10.5 Å². The molecule has 0 bridgehead atoms. The number of carboxylic acid groups (broad SMARTS) is 1. The number of sulfonamides is 1. The number of carbonyl (C=O) groups is 1. The summed E-state index contributed by atoms with van der Waals surface area (Å²) in [6.45, 7) is 2.72. The van der Waals surface area contributed by atoms with E-state index in [9.17, 15) is 13.2 Å². The molecule has 0 aliphatic carbocycles. The first-order valence-electron chi connectivity index (χ1n) is 7.27. The molecule has 5 nitrogen and oxygen atoms in total. The molecule has 1 aromatic carbocycles. The van der Waals surface area contributed by atoms with E-state index >= 15 is 0 Å². The highest BCUT2D eigenvalue weighted by atomic mass is 32.2. The lowest BCUT2D eigenvalue weighted by molar-refractivity contribution is 0.0696. The Hall–Kier alpha value is -1.40. The molecule has 0 aromatic heterocycles. The zero-order valence-electron chi connectivity index (χ0n) is 12.2. The fourth-order valence-electron chi connectivity index (χ4n) is 2.61. The minimum absolute atomic E-state index is 0.00576. The summed E-state index contributed by atoms with van der Waals surface area (Å²) in [5.74, 6) is -1.11. The number of carboxylic acids is 1. The topological polar surface area (TPSA) is 74.7 Å². The summed E-state index contributed by atoms with van der Waals surface area (Å²) >= 11 is 0. The maximum absolute atomic E-state index is 12.8. The van der Waals surface area contributed by atoms with Crippen LogP contribution in [0.25, 0.3) is 0 Å². The van der Waals surface area contributed by atoms with Crippen LogP contribution < -0.4 is 0 Å². The number of benzene rings is 1. The Bertz CT molecular complexity index is 617. The fraction of sp³-hybridized carbons (Fsp3) is 0.533. The first-order valence-corrected chi connectivity index (χ1v) is 8.71. The molecule has 1 fully saturated rings. The van der Waals surface area contributed by atoms with Crippen molar-refractivity contribution in [3.63, 3.8) is 0 Å².